The number of carbonyl (C=O) groups excluding carboxylic acids is 1. The summed E-state index contributed by atoms with van der Waals surface area (Å²) in [6.45, 7) is 3.24. The van der Waals surface area contributed by atoms with E-state index in [1.807, 2.05) is 0 Å². The largest absolute Gasteiger partial charge is 0.593 e. The van der Waals surface area contributed by atoms with Gasteiger partial charge in [-0.05, 0) is 49.2 Å². The Labute approximate surface area is 220 Å². The van der Waals surface area contributed by atoms with Crippen LogP contribution in [0, 0.1) is 19.8 Å². The summed E-state index contributed by atoms with van der Waals surface area (Å²) in [5, 5.41) is 2.78. The number of hydrogen-bond acceptors (Lipinski definition) is 6. The standard InChI is InChI=1S/C27H23F3N4O3S/c1-15-21(17-7-9-18(10-8-17)25(29)30)14-32-27(37-22-11-12-23(28)33-16(22)2)24(15)26(35)34-19-5-4-6-20(13-19)38(36)31-3/h4-14,25,31H,1-3H3,(H,34,35)/t38-/m1/s1. The summed E-state index contributed by atoms with van der Waals surface area (Å²) in [5.74, 6) is -1.11. The summed E-state index contributed by atoms with van der Waals surface area (Å²) >= 11 is -1.46. The Morgan fingerprint density at radius 3 is 2.47 bits per heavy atom. The molecule has 0 saturated heterocycles. The van der Waals surface area contributed by atoms with E-state index in [0.717, 1.165) is 6.07 Å². The maximum absolute atomic E-state index is 13.6. The number of pyridine rings is 2. The topological polar surface area (TPSA) is 99.2 Å². The number of nitrogens with zero attached hydrogens (tertiary/aromatic N) is 2. The molecule has 0 aliphatic carbocycles. The molecule has 0 saturated carbocycles. The molecule has 2 N–H and O–H groups in total. The first kappa shape index (κ1) is 27.1. The molecule has 2 aromatic carbocycles. The minimum absolute atomic E-state index is 0.0561. The van der Waals surface area contributed by atoms with E-state index in [1.54, 1.807) is 45.2 Å². The second-order valence-electron chi connectivity index (χ2n) is 8.17. The first-order chi connectivity index (χ1) is 18.2. The van der Waals surface area contributed by atoms with Gasteiger partial charge in [-0.15, -0.1) is 4.72 Å². The minimum Gasteiger partial charge on any atom is -0.593 e. The van der Waals surface area contributed by atoms with Crippen LogP contribution in [0.15, 0.2) is 71.8 Å². The average Bonchev–Trinajstić information content (AvgIpc) is 2.90. The van der Waals surface area contributed by atoms with Crippen molar-refractivity contribution in [2.75, 3.05) is 12.4 Å². The van der Waals surface area contributed by atoms with Gasteiger partial charge >= 0.3 is 0 Å². The van der Waals surface area contributed by atoms with Crippen LogP contribution in [-0.2, 0) is 11.4 Å². The Kier molecular flexibility index (Phi) is 8.30. The van der Waals surface area contributed by atoms with Gasteiger partial charge in [0.05, 0.1) is 17.1 Å². The molecule has 1 amide bonds. The molecule has 38 heavy (non-hydrogen) atoms. The van der Waals surface area contributed by atoms with Gasteiger partial charge in [0.2, 0.25) is 11.8 Å². The normalized spacial score (nSPS) is 11.9. The molecule has 2 heterocycles. The number of rotatable bonds is 8. The number of nitrogens with one attached hydrogen (secondary N) is 2. The van der Waals surface area contributed by atoms with Crippen molar-refractivity contribution >= 4 is 23.0 Å². The molecule has 11 heteroatoms. The van der Waals surface area contributed by atoms with Crippen molar-refractivity contribution in [3.63, 3.8) is 0 Å². The number of benzene rings is 2. The van der Waals surface area contributed by atoms with Crippen molar-refractivity contribution in [1.82, 2.24) is 14.7 Å². The first-order valence-corrected chi connectivity index (χ1v) is 12.5. The molecule has 0 spiro atoms. The van der Waals surface area contributed by atoms with Gasteiger partial charge in [-0.25, -0.2) is 18.7 Å². The fourth-order valence-corrected chi connectivity index (χ4v) is 4.43. The number of aromatic nitrogens is 2. The maximum Gasteiger partial charge on any atom is 0.263 e. The van der Waals surface area contributed by atoms with Crippen LogP contribution in [0.25, 0.3) is 11.1 Å². The van der Waals surface area contributed by atoms with Gasteiger partial charge in [-0.2, -0.15) is 4.39 Å². The lowest BCUT2D eigenvalue weighted by molar-refractivity contribution is 0.102. The smallest absolute Gasteiger partial charge is 0.263 e. The van der Waals surface area contributed by atoms with Crippen LogP contribution < -0.4 is 14.8 Å². The van der Waals surface area contributed by atoms with Gasteiger partial charge in [0.1, 0.15) is 5.56 Å². The zero-order chi connectivity index (χ0) is 27.4. The van der Waals surface area contributed by atoms with E-state index in [0.29, 0.717) is 27.3 Å². The molecule has 0 fully saturated rings. The third-order valence-corrected chi connectivity index (χ3v) is 6.76. The van der Waals surface area contributed by atoms with Crippen LogP contribution in [0.3, 0.4) is 0 Å². The van der Waals surface area contributed by atoms with E-state index in [4.69, 9.17) is 4.74 Å². The van der Waals surface area contributed by atoms with E-state index in [1.165, 1.54) is 36.5 Å². The summed E-state index contributed by atoms with van der Waals surface area (Å²) in [6.07, 6.45) is -1.14. The Bertz CT molecular complexity index is 1470. The zero-order valence-electron chi connectivity index (χ0n) is 20.6. The predicted octanol–water partition coefficient (Wildman–Crippen LogP) is 6.12. The van der Waals surface area contributed by atoms with Gasteiger partial charge in [-0.1, -0.05) is 30.3 Å². The molecule has 0 aliphatic rings. The van der Waals surface area contributed by atoms with E-state index >= 15 is 0 Å². The molecule has 4 aromatic rings. The van der Waals surface area contributed by atoms with Crippen molar-refractivity contribution in [3.05, 3.63) is 95.2 Å². The third kappa shape index (κ3) is 5.96. The van der Waals surface area contributed by atoms with Crippen LogP contribution >= 0.6 is 0 Å². The second-order valence-corrected chi connectivity index (χ2v) is 9.59. The number of aryl methyl sites for hydroxylation is 1. The lowest BCUT2D eigenvalue weighted by Gasteiger charge is -2.17. The molecule has 2 aromatic heterocycles. The van der Waals surface area contributed by atoms with Crippen molar-refractivity contribution < 1.29 is 27.3 Å². The number of alkyl halides is 2. The van der Waals surface area contributed by atoms with Crippen LogP contribution in [0.4, 0.5) is 18.9 Å². The Hall–Kier alpha value is -3.93. The van der Waals surface area contributed by atoms with Gasteiger partial charge in [0.15, 0.2) is 10.6 Å². The fraction of sp³-hybridized carbons (Fsp3) is 0.148. The van der Waals surface area contributed by atoms with Crippen molar-refractivity contribution in [3.8, 4) is 22.8 Å². The second kappa shape index (κ2) is 11.6. The summed E-state index contributed by atoms with van der Waals surface area (Å²) in [4.78, 5) is 22.1. The Balaban J connectivity index is 1.77. The number of hydrogen-bond donors (Lipinski definition) is 2. The van der Waals surface area contributed by atoms with Crippen molar-refractivity contribution in [2.24, 2.45) is 0 Å². The number of amides is 1. The van der Waals surface area contributed by atoms with Crippen LogP contribution in [0.2, 0.25) is 0 Å². The molecule has 7 nitrogen and oxygen atoms in total. The zero-order valence-corrected chi connectivity index (χ0v) is 21.4. The summed E-state index contributed by atoms with van der Waals surface area (Å²) in [5.41, 5.74) is 2.16. The molecule has 0 unspecified atom stereocenters. The predicted molar refractivity (Wildman–Crippen MR) is 138 cm³/mol. The van der Waals surface area contributed by atoms with E-state index in [2.05, 4.69) is 20.0 Å². The Morgan fingerprint density at radius 1 is 1.08 bits per heavy atom. The Morgan fingerprint density at radius 2 is 1.82 bits per heavy atom. The fourth-order valence-electron chi connectivity index (χ4n) is 3.75. The molecule has 4 rings (SSSR count). The van der Waals surface area contributed by atoms with Gasteiger partial charge in [-0.3, -0.25) is 4.79 Å². The summed E-state index contributed by atoms with van der Waals surface area (Å²) in [6, 6.07) is 14.7. The SMILES string of the molecule is CN[S@+]([O-])c1cccc(NC(=O)c2c(Oc3ccc(F)nc3C)ncc(-c3ccc(C(F)F)cc3)c2C)c1. The highest BCUT2D eigenvalue weighted by molar-refractivity contribution is 7.89. The number of halogens is 3. The number of ether oxygens (including phenoxy) is 1. The maximum atomic E-state index is 13.6. The van der Waals surface area contributed by atoms with Crippen LogP contribution in [0.5, 0.6) is 11.6 Å². The molecule has 0 aliphatic heterocycles. The summed E-state index contributed by atoms with van der Waals surface area (Å²) in [7, 11) is 1.55. The molecule has 1 atom stereocenters. The summed E-state index contributed by atoms with van der Waals surface area (Å²) < 4.78 is 60.3. The van der Waals surface area contributed by atoms with Gasteiger partial charge < -0.3 is 14.6 Å². The van der Waals surface area contributed by atoms with E-state index < -0.39 is 29.6 Å². The van der Waals surface area contributed by atoms with E-state index in [-0.39, 0.29) is 28.5 Å². The third-order valence-electron chi connectivity index (χ3n) is 5.71. The number of anilines is 1. The highest BCUT2D eigenvalue weighted by Gasteiger charge is 2.23. The highest BCUT2D eigenvalue weighted by atomic mass is 32.2. The lowest BCUT2D eigenvalue weighted by Crippen LogP contribution is -2.19. The average molecular weight is 541 g/mol. The minimum atomic E-state index is -2.61. The lowest BCUT2D eigenvalue weighted by atomic mass is 9.97. The molecular formula is C27H23F3N4O3S. The quantitative estimate of drug-likeness (QED) is 0.206. The van der Waals surface area contributed by atoms with Crippen LogP contribution in [-0.4, -0.2) is 27.5 Å². The molecule has 0 radical (unpaired) electrons. The number of carbonyl (C=O) groups is 1. The molecule has 196 valence electrons. The van der Waals surface area contributed by atoms with Gasteiger partial charge in [0.25, 0.3) is 12.3 Å². The van der Waals surface area contributed by atoms with Crippen molar-refractivity contribution in [2.45, 2.75) is 25.2 Å². The molecule has 0 bridgehead atoms. The van der Waals surface area contributed by atoms with E-state index in [9.17, 15) is 22.5 Å². The first-order valence-electron chi connectivity index (χ1n) is 11.4. The van der Waals surface area contributed by atoms with Crippen molar-refractivity contribution in [1.29, 1.82) is 0 Å². The van der Waals surface area contributed by atoms with Gasteiger partial charge in [0, 0.05) is 36.1 Å². The molecular weight excluding hydrogens is 517 g/mol. The monoisotopic (exact) mass is 540 g/mol. The van der Waals surface area contributed by atoms with Crippen LogP contribution in [0.1, 0.15) is 33.6 Å². The highest BCUT2D eigenvalue weighted by Crippen LogP contribution is 2.34.